The quantitative estimate of drug-likeness (QED) is 0.474. The first-order chi connectivity index (χ1) is 14.3. The molecule has 0 saturated heterocycles. The zero-order valence-corrected chi connectivity index (χ0v) is 15.4. The van der Waals surface area contributed by atoms with Gasteiger partial charge in [-0.3, -0.25) is 4.79 Å². The van der Waals surface area contributed by atoms with E-state index in [2.05, 4.69) is 10.3 Å². The average molecular weight is 413 g/mol. The standard InChI is InChI=1S/C22H15F4N3O/c23-18-8-1-14(2-9-18)11-27-21(30)19-13-29-12-16(5-10-20(29)28-19)15-3-6-17(7-4-15)22(24,25)26/h1-10,12-13H,11H2,(H,27,30). The molecule has 4 aromatic rings. The lowest BCUT2D eigenvalue weighted by Gasteiger charge is -2.08. The fourth-order valence-electron chi connectivity index (χ4n) is 3.00. The molecule has 1 amide bonds. The van der Waals surface area contributed by atoms with Crippen LogP contribution in [0.5, 0.6) is 0 Å². The number of benzene rings is 2. The number of hydrogen-bond donors (Lipinski definition) is 1. The second kappa shape index (κ2) is 7.62. The summed E-state index contributed by atoms with van der Waals surface area (Å²) in [6.45, 7) is 0.226. The van der Waals surface area contributed by atoms with Gasteiger partial charge in [-0.1, -0.05) is 24.3 Å². The number of fused-ring (bicyclic) bond motifs is 1. The first kappa shape index (κ1) is 19.6. The molecule has 152 valence electrons. The Bertz CT molecular complexity index is 1200. The van der Waals surface area contributed by atoms with Crippen LogP contribution in [0.25, 0.3) is 16.8 Å². The maximum atomic E-state index is 12.9. The number of carbonyl (C=O) groups is 1. The van der Waals surface area contributed by atoms with Crippen LogP contribution in [-0.2, 0) is 12.7 Å². The number of halogens is 4. The van der Waals surface area contributed by atoms with Gasteiger partial charge in [-0.05, 0) is 53.1 Å². The summed E-state index contributed by atoms with van der Waals surface area (Å²) in [7, 11) is 0. The van der Waals surface area contributed by atoms with Crippen molar-refractivity contribution in [3.63, 3.8) is 0 Å². The van der Waals surface area contributed by atoms with Crippen molar-refractivity contribution in [2.45, 2.75) is 12.7 Å². The lowest BCUT2D eigenvalue weighted by Crippen LogP contribution is -2.23. The van der Waals surface area contributed by atoms with Gasteiger partial charge in [0, 0.05) is 18.9 Å². The molecule has 8 heteroatoms. The number of pyridine rings is 1. The van der Waals surface area contributed by atoms with Crippen LogP contribution in [0.15, 0.2) is 73.1 Å². The van der Waals surface area contributed by atoms with E-state index in [0.717, 1.165) is 17.7 Å². The molecular weight excluding hydrogens is 398 g/mol. The Balaban J connectivity index is 1.52. The Labute approximate surface area is 168 Å². The van der Waals surface area contributed by atoms with Gasteiger partial charge in [0.15, 0.2) is 0 Å². The number of carbonyl (C=O) groups excluding carboxylic acids is 1. The highest BCUT2D eigenvalue weighted by Gasteiger charge is 2.29. The molecule has 4 nitrogen and oxygen atoms in total. The third-order valence-corrected chi connectivity index (χ3v) is 4.60. The summed E-state index contributed by atoms with van der Waals surface area (Å²) in [4.78, 5) is 16.6. The number of amides is 1. The summed E-state index contributed by atoms with van der Waals surface area (Å²) < 4.78 is 52.8. The van der Waals surface area contributed by atoms with Crippen molar-refractivity contribution in [2.75, 3.05) is 0 Å². The van der Waals surface area contributed by atoms with E-state index in [9.17, 15) is 22.4 Å². The Kier molecular flexibility index (Phi) is 4.99. The van der Waals surface area contributed by atoms with Gasteiger partial charge in [0.05, 0.1) is 5.56 Å². The zero-order chi connectivity index (χ0) is 21.3. The van der Waals surface area contributed by atoms with Gasteiger partial charge in [0.1, 0.15) is 17.2 Å². The lowest BCUT2D eigenvalue weighted by molar-refractivity contribution is -0.137. The maximum absolute atomic E-state index is 12.9. The smallest absolute Gasteiger partial charge is 0.347 e. The van der Waals surface area contributed by atoms with E-state index >= 15 is 0 Å². The van der Waals surface area contributed by atoms with Crippen molar-refractivity contribution in [3.8, 4) is 11.1 Å². The summed E-state index contributed by atoms with van der Waals surface area (Å²) in [5, 5.41) is 2.72. The number of nitrogens with zero attached hydrogens (tertiary/aromatic N) is 2. The second-order valence-corrected chi connectivity index (χ2v) is 6.69. The predicted octanol–water partition coefficient (Wildman–Crippen LogP) is 5.09. The SMILES string of the molecule is O=C(NCc1ccc(F)cc1)c1cn2cc(-c3ccc(C(F)(F)F)cc3)ccc2n1. The number of hydrogen-bond acceptors (Lipinski definition) is 2. The van der Waals surface area contributed by atoms with Gasteiger partial charge in [0.2, 0.25) is 0 Å². The van der Waals surface area contributed by atoms with Crippen molar-refractivity contribution < 1.29 is 22.4 Å². The van der Waals surface area contributed by atoms with Crippen LogP contribution in [0.2, 0.25) is 0 Å². The fraction of sp³-hybridized carbons (Fsp3) is 0.0909. The Morgan fingerprint density at radius 1 is 0.900 bits per heavy atom. The molecular formula is C22H15F4N3O. The van der Waals surface area contributed by atoms with E-state index in [1.54, 1.807) is 41.1 Å². The molecule has 2 aromatic carbocycles. The van der Waals surface area contributed by atoms with E-state index in [-0.39, 0.29) is 24.0 Å². The van der Waals surface area contributed by atoms with Gasteiger partial charge in [-0.15, -0.1) is 0 Å². The summed E-state index contributed by atoms with van der Waals surface area (Å²) in [6.07, 6.45) is -1.15. The fourth-order valence-corrected chi connectivity index (χ4v) is 3.00. The number of aromatic nitrogens is 2. The largest absolute Gasteiger partial charge is 0.416 e. The first-order valence-electron chi connectivity index (χ1n) is 8.99. The van der Waals surface area contributed by atoms with Gasteiger partial charge in [-0.2, -0.15) is 13.2 Å². The summed E-state index contributed by atoms with van der Waals surface area (Å²) in [5.74, 6) is -0.742. The molecule has 0 radical (unpaired) electrons. The van der Waals surface area contributed by atoms with E-state index in [4.69, 9.17) is 0 Å². The molecule has 30 heavy (non-hydrogen) atoms. The van der Waals surface area contributed by atoms with Crippen LogP contribution in [0.1, 0.15) is 21.6 Å². The number of imidazole rings is 1. The van der Waals surface area contributed by atoms with Gasteiger partial charge in [0.25, 0.3) is 5.91 Å². The van der Waals surface area contributed by atoms with Gasteiger partial charge >= 0.3 is 6.18 Å². The summed E-state index contributed by atoms with van der Waals surface area (Å²) in [5.41, 5.74) is 2.06. The minimum absolute atomic E-state index is 0.196. The van der Waals surface area contributed by atoms with Crippen molar-refractivity contribution in [1.82, 2.24) is 14.7 Å². The van der Waals surface area contributed by atoms with Crippen LogP contribution in [0.3, 0.4) is 0 Å². The molecule has 0 fully saturated rings. The molecule has 0 unspecified atom stereocenters. The summed E-state index contributed by atoms with van der Waals surface area (Å²) >= 11 is 0. The first-order valence-corrected chi connectivity index (χ1v) is 8.99. The monoisotopic (exact) mass is 413 g/mol. The molecule has 0 aliphatic heterocycles. The second-order valence-electron chi connectivity index (χ2n) is 6.69. The van der Waals surface area contributed by atoms with Gasteiger partial charge in [-0.25, -0.2) is 9.37 Å². The number of rotatable bonds is 4. The average Bonchev–Trinajstić information content (AvgIpc) is 3.16. The van der Waals surface area contributed by atoms with E-state index in [1.165, 1.54) is 24.3 Å². The van der Waals surface area contributed by atoms with Gasteiger partial charge < -0.3 is 9.72 Å². The Morgan fingerprint density at radius 3 is 2.23 bits per heavy atom. The number of alkyl halides is 3. The molecule has 2 aromatic heterocycles. The molecule has 2 heterocycles. The Hall–Kier alpha value is -3.68. The summed E-state index contributed by atoms with van der Waals surface area (Å²) in [6, 6.07) is 14.1. The highest BCUT2D eigenvalue weighted by molar-refractivity contribution is 5.92. The molecule has 0 aliphatic rings. The highest BCUT2D eigenvalue weighted by Crippen LogP contribution is 2.31. The molecule has 0 spiro atoms. The zero-order valence-electron chi connectivity index (χ0n) is 15.4. The van der Waals surface area contributed by atoms with Crippen LogP contribution < -0.4 is 5.32 Å². The third kappa shape index (κ3) is 4.17. The minimum atomic E-state index is -4.39. The normalized spacial score (nSPS) is 11.6. The minimum Gasteiger partial charge on any atom is -0.347 e. The molecule has 0 aliphatic carbocycles. The third-order valence-electron chi connectivity index (χ3n) is 4.60. The molecule has 0 atom stereocenters. The van der Waals surface area contributed by atoms with Crippen molar-refractivity contribution in [1.29, 1.82) is 0 Å². The number of nitrogens with one attached hydrogen (secondary N) is 1. The lowest BCUT2D eigenvalue weighted by atomic mass is 10.1. The van der Waals surface area contributed by atoms with Crippen LogP contribution in [0, 0.1) is 5.82 Å². The predicted molar refractivity (Wildman–Crippen MR) is 103 cm³/mol. The van der Waals surface area contributed by atoms with E-state index < -0.39 is 11.7 Å². The van der Waals surface area contributed by atoms with Crippen molar-refractivity contribution in [2.24, 2.45) is 0 Å². The Morgan fingerprint density at radius 2 is 1.57 bits per heavy atom. The van der Waals surface area contributed by atoms with Crippen LogP contribution in [0.4, 0.5) is 17.6 Å². The van der Waals surface area contributed by atoms with Crippen molar-refractivity contribution >= 4 is 11.6 Å². The maximum Gasteiger partial charge on any atom is 0.416 e. The molecule has 0 saturated carbocycles. The molecule has 1 N–H and O–H groups in total. The van der Waals surface area contributed by atoms with E-state index in [1.807, 2.05) is 0 Å². The van der Waals surface area contributed by atoms with Crippen molar-refractivity contribution in [3.05, 3.63) is 95.7 Å². The van der Waals surface area contributed by atoms with Crippen LogP contribution >= 0.6 is 0 Å². The van der Waals surface area contributed by atoms with E-state index in [0.29, 0.717) is 16.8 Å². The topological polar surface area (TPSA) is 46.4 Å². The molecule has 4 rings (SSSR count). The van der Waals surface area contributed by atoms with Crippen LogP contribution in [-0.4, -0.2) is 15.3 Å². The molecule has 0 bridgehead atoms. The highest BCUT2D eigenvalue weighted by atomic mass is 19.4.